The van der Waals surface area contributed by atoms with Gasteiger partial charge in [-0.05, 0) is 6.42 Å². The number of rotatable bonds is 4. The Morgan fingerprint density at radius 1 is 1.38 bits per heavy atom. The summed E-state index contributed by atoms with van der Waals surface area (Å²) in [7, 11) is 0. The lowest BCUT2D eigenvalue weighted by atomic mass is 10.0. The van der Waals surface area contributed by atoms with Crippen LogP contribution in [-0.2, 0) is 0 Å². The van der Waals surface area contributed by atoms with E-state index in [0.717, 1.165) is 10.9 Å². The van der Waals surface area contributed by atoms with E-state index in [4.69, 9.17) is 11.6 Å². The van der Waals surface area contributed by atoms with E-state index in [1.807, 2.05) is 12.1 Å². The van der Waals surface area contributed by atoms with Gasteiger partial charge in [-0.3, -0.25) is 5.10 Å². The quantitative estimate of drug-likeness (QED) is 0.711. The molecule has 0 fully saturated rings. The summed E-state index contributed by atoms with van der Waals surface area (Å²) in [5, 5.41) is 27.3. The lowest BCUT2D eigenvalue weighted by molar-refractivity contribution is 0.0177. The third kappa shape index (κ3) is 2.04. The zero-order valence-electron chi connectivity index (χ0n) is 8.60. The third-order valence-electron chi connectivity index (χ3n) is 2.60. The predicted octanol–water partition coefficient (Wildman–Crippen LogP) is 1.59. The van der Waals surface area contributed by atoms with E-state index in [1.165, 1.54) is 0 Å². The van der Waals surface area contributed by atoms with Crippen molar-refractivity contribution in [2.24, 2.45) is 0 Å². The van der Waals surface area contributed by atoms with Gasteiger partial charge in [-0.2, -0.15) is 5.10 Å². The van der Waals surface area contributed by atoms with E-state index in [1.54, 1.807) is 12.3 Å². The standard InChI is InChI=1S/C11H13ClN2O2/c12-5-4-9(15)11(16)8-3-1-2-7-6-13-14-10(7)8/h1-3,6,9,11,15-16H,4-5H2,(H,13,14). The zero-order valence-corrected chi connectivity index (χ0v) is 9.35. The fraction of sp³-hybridized carbons (Fsp3) is 0.364. The molecule has 3 N–H and O–H groups in total. The maximum absolute atomic E-state index is 9.98. The molecule has 1 aromatic carbocycles. The molecule has 0 aliphatic heterocycles. The lowest BCUT2D eigenvalue weighted by Gasteiger charge is -2.17. The number of alkyl halides is 1. The summed E-state index contributed by atoms with van der Waals surface area (Å²) in [5.41, 5.74) is 1.40. The molecule has 86 valence electrons. The Balaban J connectivity index is 2.35. The number of aliphatic hydroxyl groups excluding tert-OH is 2. The van der Waals surface area contributed by atoms with Crippen molar-refractivity contribution in [2.45, 2.75) is 18.6 Å². The molecule has 2 aromatic rings. The number of aliphatic hydroxyl groups is 2. The fourth-order valence-corrected chi connectivity index (χ4v) is 1.94. The number of H-pyrrole nitrogens is 1. The molecule has 1 aromatic heterocycles. The van der Waals surface area contributed by atoms with Gasteiger partial charge in [-0.1, -0.05) is 18.2 Å². The van der Waals surface area contributed by atoms with Crippen LogP contribution in [0.1, 0.15) is 18.1 Å². The largest absolute Gasteiger partial charge is 0.390 e. The molecule has 2 atom stereocenters. The van der Waals surface area contributed by atoms with E-state index in [-0.39, 0.29) is 0 Å². The van der Waals surface area contributed by atoms with Gasteiger partial charge in [0, 0.05) is 16.8 Å². The highest BCUT2D eigenvalue weighted by Crippen LogP contribution is 2.25. The average Bonchev–Trinajstić information content (AvgIpc) is 2.76. The molecule has 0 aliphatic rings. The summed E-state index contributed by atoms with van der Waals surface area (Å²) in [6, 6.07) is 5.48. The van der Waals surface area contributed by atoms with E-state index >= 15 is 0 Å². The first-order chi connectivity index (χ1) is 7.74. The molecule has 0 radical (unpaired) electrons. The molecule has 0 aliphatic carbocycles. The Labute approximate surface area is 97.9 Å². The van der Waals surface area contributed by atoms with Gasteiger partial charge in [0.25, 0.3) is 0 Å². The van der Waals surface area contributed by atoms with Crippen LogP contribution in [0.25, 0.3) is 10.9 Å². The Hall–Kier alpha value is -1.10. The van der Waals surface area contributed by atoms with Crippen molar-refractivity contribution in [1.29, 1.82) is 0 Å². The SMILES string of the molecule is OC(CCCl)C(O)c1cccc2cn[nH]c12. The number of nitrogens with zero attached hydrogens (tertiary/aromatic N) is 1. The number of nitrogens with one attached hydrogen (secondary N) is 1. The van der Waals surface area contributed by atoms with Crippen LogP contribution in [0, 0.1) is 0 Å². The first kappa shape index (κ1) is 11.4. The van der Waals surface area contributed by atoms with E-state index in [9.17, 15) is 10.2 Å². The molecule has 4 nitrogen and oxygen atoms in total. The molecule has 0 bridgehead atoms. The van der Waals surface area contributed by atoms with Crippen LogP contribution in [0.2, 0.25) is 0 Å². The smallest absolute Gasteiger partial charge is 0.107 e. The number of hydrogen-bond acceptors (Lipinski definition) is 3. The normalized spacial score (nSPS) is 15.2. The number of hydrogen-bond donors (Lipinski definition) is 3. The summed E-state index contributed by atoms with van der Waals surface area (Å²) in [6.07, 6.45) is 0.238. The van der Waals surface area contributed by atoms with Crippen molar-refractivity contribution < 1.29 is 10.2 Å². The average molecular weight is 241 g/mol. The molecule has 1 heterocycles. The second-order valence-electron chi connectivity index (χ2n) is 3.67. The molecule has 0 saturated heterocycles. The molecule has 5 heteroatoms. The van der Waals surface area contributed by atoms with Crippen LogP contribution in [0.4, 0.5) is 0 Å². The number of fused-ring (bicyclic) bond motifs is 1. The van der Waals surface area contributed by atoms with Gasteiger partial charge >= 0.3 is 0 Å². The maximum atomic E-state index is 9.98. The molecule has 0 spiro atoms. The first-order valence-electron chi connectivity index (χ1n) is 5.08. The second-order valence-corrected chi connectivity index (χ2v) is 4.05. The number of halogens is 1. The van der Waals surface area contributed by atoms with Crippen molar-refractivity contribution in [3.63, 3.8) is 0 Å². The second kappa shape index (κ2) is 4.82. The molecule has 2 unspecified atom stereocenters. The molecular formula is C11H13ClN2O2. The predicted molar refractivity (Wildman–Crippen MR) is 62.4 cm³/mol. The van der Waals surface area contributed by atoms with Crippen molar-refractivity contribution in [2.75, 3.05) is 5.88 Å². The minimum atomic E-state index is -0.942. The molecule has 0 saturated carbocycles. The third-order valence-corrected chi connectivity index (χ3v) is 2.82. The zero-order chi connectivity index (χ0) is 11.5. The van der Waals surface area contributed by atoms with Gasteiger partial charge in [0.05, 0.1) is 17.8 Å². The van der Waals surface area contributed by atoms with Gasteiger partial charge in [-0.15, -0.1) is 11.6 Å². The molecule has 0 amide bonds. The Morgan fingerprint density at radius 2 is 2.19 bits per heavy atom. The van der Waals surface area contributed by atoms with Gasteiger partial charge in [0.15, 0.2) is 0 Å². The van der Waals surface area contributed by atoms with E-state index < -0.39 is 12.2 Å². The first-order valence-corrected chi connectivity index (χ1v) is 5.61. The van der Waals surface area contributed by atoms with Crippen LogP contribution in [0.5, 0.6) is 0 Å². The maximum Gasteiger partial charge on any atom is 0.107 e. The van der Waals surface area contributed by atoms with Crippen molar-refractivity contribution in [3.05, 3.63) is 30.0 Å². The molecular weight excluding hydrogens is 228 g/mol. The summed E-state index contributed by atoms with van der Waals surface area (Å²) in [5.74, 6) is 0.317. The topological polar surface area (TPSA) is 69.1 Å². The molecule has 16 heavy (non-hydrogen) atoms. The summed E-state index contributed by atoms with van der Waals surface area (Å²) in [4.78, 5) is 0. The monoisotopic (exact) mass is 240 g/mol. The van der Waals surface area contributed by atoms with Crippen molar-refractivity contribution in [3.8, 4) is 0 Å². The number of aromatic amines is 1. The Kier molecular flexibility index (Phi) is 3.43. The highest BCUT2D eigenvalue weighted by Gasteiger charge is 2.20. The Morgan fingerprint density at radius 3 is 2.94 bits per heavy atom. The van der Waals surface area contributed by atoms with Crippen molar-refractivity contribution >= 4 is 22.5 Å². The van der Waals surface area contributed by atoms with Crippen LogP contribution in [-0.4, -0.2) is 32.4 Å². The number of aromatic nitrogens is 2. The summed E-state index contributed by atoms with van der Waals surface area (Å²) < 4.78 is 0. The molecule has 2 rings (SSSR count). The minimum absolute atomic E-state index is 0.317. The Bertz CT molecular complexity index is 472. The highest BCUT2D eigenvalue weighted by atomic mass is 35.5. The van der Waals surface area contributed by atoms with Crippen LogP contribution in [0.15, 0.2) is 24.4 Å². The van der Waals surface area contributed by atoms with E-state index in [0.29, 0.717) is 17.9 Å². The minimum Gasteiger partial charge on any atom is -0.390 e. The lowest BCUT2D eigenvalue weighted by Crippen LogP contribution is -2.18. The van der Waals surface area contributed by atoms with Gasteiger partial charge in [0.1, 0.15) is 6.10 Å². The summed E-state index contributed by atoms with van der Waals surface area (Å²) in [6.45, 7) is 0. The van der Waals surface area contributed by atoms with Crippen LogP contribution >= 0.6 is 11.6 Å². The number of para-hydroxylation sites is 1. The summed E-state index contributed by atoms with van der Waals surface area (Å²) >= 11 is 5.53. The number of benzene rings is 1. The fourth-order valence-electron chi connectivity index (χ4n) is 1.72. The van der Waals surface area contributed by atoms with Gasteiger partial charge < -0.3 is 10.2 Å². The van der Waals surface area contributed by atoms with Gasteiger partial charge in [-0.25, -0.2) is 0 Å². The van der Waals surface area contributed by atoms with Crippen LogP contribution < -0.4 is 0 Å². The van der Waals surface area contributed by atoms with Crippen molar-refractivity contribution in [1.82, 2.24) is 10.2 Å². The van der Waals surface area contributed by atoms with Gasteiger partial charge in [0.2, 0.25) is 0 Å². The van der Waals surface area contributed by atoms with Crippen LogP contribution in [0.3, 0.4) is 0 Å². The van der Waals surface area contributed by atoms with E-state index in [2.05, 4.69) is 10.2 Å². The highest BCUT2D eigenvalue weighted by molar-refractivity contribution is 6.17.